The zero-order valence-corrected chi connectivity index (χ0v) is 12.7. The molecule has 0 unspecified atom stereocenters. The summed E-state index contributed by atoms with van der Waals surface area (Å²) >= 11 is 0. The number of nitrogens with zero attached hydrogens (tertiary/aromatic N) is 1. The van der Waals surface area contributed by atoms with Crippen LogP contribution in [-0.4, -0.2) is 56.5 Å². The van der Waals surface area contributed by atoms with Crippen molar-refractivity contribution in [2.45, 2.75) is 46.1 Å². The lowest BCUT2D eigenvalue weighted by Gasteiger charge is -2.42. The van der Waals surface area contributed by atoms with Gasteiger partial charge in [-0.05, 0) is 26.7 Å². The van der Waals surface area contributed by atoms with Gasteiger partial charge < -0.3 is 15.2 Å². The zero-order chi connectivity index (χ0) is 13.9. The summed E-state index contributed by atoms with van der Waals surface area (Å²) in [6.45, 7) is 14.1. The molecule has 0 radical (unpaired) electrons. The molecule has 0 aromatic rings. The molecule has 0 fully saturated rings. The lowest BCUT2D eigenvalue weighted by molar-refractivity contribution is 0.0183. The van der Waals surface area contributed by atoms with E-state index in [4.69, 9.17) is 15.2 Å². The second kappa shape index (κ2) is 10.7. The summed E-state index contributed by atoms with van der Waals surface area (Å²) in [5.74, 6) is 0. The van der Waals surface area contributed by atoms with Crippen molar-refractivity contribution in [2.75, 3.05) is 46.1 Å². The Morgan fingerprint density at radius 2 is 1.33 bits per heavy atom. The monoisotopic (exact) mass is 260 g/mol. The molecule has 0 aliphatic heterocycles. The van der Waals surface area contributed by atoms with E-state index in [0.29, 0.717) is 6.54 Å². The van der Waals surface area contributed by atoms with Crippen molar-refractivity contribution in [1.82, 2.24) is 4.90 Å². The molecule has 18 heavy (non-hydrogen) atoms. The van der Waals surface area contributed by atoms with Gasteiger partial charge in [0.1, 0.15) is 0 Å². The van der Waals surface area contributed by atoms with Gasteiger partial charge in [-0.15, -0.1) is 0 Å². The van der Waals surface area contributed by atoms with E-state index in [1.807, 2.05) is 13.8 Å². The maximum Gasteiger partial charge on any atom is 0.0593 e. The minimum atomic E-state index is 0.0915. The molecule has 0 atom stereocenters. The Balaban J connectivity index is 4.48. The average molecular weight is 260 g/mol. The molecule has 0 aromatic carbocycles. The molecule has 0 saturated carbocycles. The standard InChI is InChI=1S/C14H32N2O2/c1-5-14(6-2,13-15)16(9-11-17-7-3)10-12-18-8-4/h5-13,15H2,1-4H3. The average Bonchev–Trinajstić information content (AvgIpc) is 2.41. The minimum Gasteiger partial charge on any atom is -0.380 e. The normalized spacial score (nSPS) is 12.3. The van der Waals surface area contributed by atoms with Gasteiger partial charge in [-0.3, -0.25) is 4.90 Å². The quantitative estimate of drug-likeness (QED) is 0.544. The molecule has 4 heteroatoms. The molecule has 0 bridgehead atoms. The van der Waals surface area contributed by atoms with Crippen LogP contribution in [0.4, 0.5) is 0 Å². The molecule has 0 aliphatic carbocycles. The predicted molar refractivity (Wildman–Crippen MR) is 76.9 cm³/mol. The van der Waals surface area contributed by atoms with Gasteiger partial charge in [0.05, 0.1) is 13.2 Å². The van der Waals surface area contributed by atoms with Crippen molar-refractivity contribution in [1.29, 1.82) is 0 Å². The van der Waals surface area contributed by atoms with Gasteiger partial charge in [-0.1, -0.05) is 13.8 Å². The van der Waals surface area contributed by atoms with E-state index in [1.54, 1.807) is 0 Å². The molecular formula is C14H32N2O2. The van der Waals surface area contributed by atoms with Crippen LogP contribution in [0.25, 0.3) is 0 Å². The summed E-state index contributed by atoms with van der Waals surface area (Å²) in [7, 11) is 0. The molecule has 2 N–H and O–H groups in total. The van der Waals surface area contributed by atoms with Crippen molar-refractivity contribution >= 4 is 0 Å². The lowest BCUT2D eigenvalue weighted by Crippen LogP contribution is -2.55. The summed E-state index contributed by atoms with van der Waals surface area (Å²) < 4.78 is 11.0. The van der Waals surface area contributed by atoms with E-state index in [1.165, 1.54) is 0 Å². The zero-order valence-electron chi connectivity index (χ0n) is 12.7. The first-order chi connectivity index (χ1) is 8.70. The van der Waals surface area contributed by atoms with Crippen LogP contribution in [-0.2, 0) is 9.47 Å². The second-order valence-corrected chi connectivity index (χ2v) is 4.52. The van der Waals surface area contributed by atoms with Gasteiger partial charge in [0.25, 0.3) is 0 Å². The molecule has 0 heterocycles. The first-order valence-electron chi connectivity index (χ1n) is 7.31. The first-order valence-corrected chi connectivity index (χ1v) is 7.31. The van der Waals surface area contributed by atoms with Gasteiger partial charge in [0.2, 0.25) is 0 Å². The molecular weight excluding hydrogens is 228 g/mol. The molecule has 0 aromatic heterocycles. The predicted octanol–water partition coefficient (Wildman–Crippen LogP) is 1.88. The van der Waals surface area contributed by atoms with Gasteiger partial charge in [-0.25, -0.2) is 0 Å². The summed E-state index contributed by atoms with van der Waals surface area (Å²) in [5.41, 5.74) is 6.11. The number of hydrogen-bond acceptors (Lipinski definition) is 4. The minimum absolute atomic E-state index is 0.0915. The lowest BCUT2D eigenvalue weighted by atomic mass is 9.90. The van der Waals surface area contributed by atoms with E-state index >= 15 is 0 Å². The highest BCUT2D eigenvalue weighted by atomic mass is 16.5. The highest BCUT2D eigenvalue weighted by molar-refractivity contribution is 4.89. The first kappa shape index (κ1) is 17.8. The molecule has 0 amide bonds. The van der Waals surface area contributed by atoms with Crippen molar-refractivity contribution in [3.63, 3.8) is 0 Å². The fraction of sp³-hybridized carbons (Fsp3) is 1.00. The van der Waals surface area contributed by atoms with Gasteiger partial charge >= 0.3 is 0 Å². The van der Waals surface area contributed by atoms with E-state index < -0.39 is 0 Å². The van der Waals surface area contributed by atoms with Crippen molar-refractivity contribution in [2.24, 2.45) is 5.73 Å². The maximum absolute atomic E-state index is 6.01. The molecule has 0 rings (SSSR count). The summed E-state index contributed by atoms with van der Waals surface area (Å²) in [5, 5.41) is 0. The number of nitrogens with two attached hydrogens (primary N) is 1. The highest BCUT2D eigenvalue weighted by Gasteiger charge is 2.31. The van der Waals surface area contributed by atoms with E-state index in [-0.39, 0.29) is 5.54 Å². The Hall–Kier alpha value is -0.160. The fourth-order valence-corrected chi connectivity index (χ4v) is 2.34. The van der Waals surface area contributed by atoms with Crippen LogP contribution < -0.4 is 5.73 Å². The van der Waals surface area contributed by atoms with Crippen LogP contribution in [0.2, 0.25) is 0 Å². The van der Waals surface area contributed by atoms with Gasteiger partial charge in [-0.2, -0.15) is 0 Å². The maximum atomic E-state index is 6.01. The van der Waals surface area contributed by atoms with Crippen molar-refractivity contribution in [3.8, 4) is 0 Å². The smallest absolute Gasteiger partial charge is 0.0593 e. The molecule has 4 nitrogen and oxygen atoms in total. The molecule has 0 saturated heterocycles. The Morgan fingerprint density at radius 3 is 1.61 bits per heavy atom. The number of rotatable bonds is 12. The Morgan fingerprint density at radius 1 is 0.889 bits per heavy atom. The van der Waals surface area contributed by atoms with Crippen LogP contribution in [0.5, 0.6) is 0 Å². The van der Waals surface area contributed by atoms with Crippen LogP contribution in [0.15, 0.2) is 0 Å². The Labute approximate surface area is 113 Å². The van der Waals surface area contributed by atoms with Crippen LogP contribution in [0, 0.1) is 0 Å². The summed E-state index contributed by atoms with van der Waals surface area (Å²) in [4.78, 5) is 2.44. The van der Waals surface area contributed by atoms with Gasteiger partial charge in [0, 0.05) is 38.4 Å². The van der Waals surface area contributed by atoms with Crippen LogP contribution in [0.3, 0.4) is 0 Å². The Bertz CT molecular complexity index is 166. The second-order valence-electron chi connectivity index (χ2n) is 4.52. The van der Waals surface area contributed by atoms with Crippen molar-refractivity contribution < 1.29 is 9.47 Å². The molecule has 0 spiro atoms. The largest absolute Gasteiger partial charge is 0.380 e. The SMILES string of the molecule is CCOCCN(CCOCC)C(CC)(CC)CN. The van der Waals surface area contributed by atoms with Crippen molar-refractivity contribution in [3.05, 3.63) is 0 Å². The molecule has 110 valence electrons. The third-order valence-electron chi connectivity index (χ3n) is 3.79. The number of ether oxygens (including phenoxy) is 2. The Kier molecular flexibility index (Phi) is 10.6. The third kappa shape index (κ3) is 5.65. The summed E-state index contributed by atoms with van der Waals surface area (Å²) in [6.07, 6.45) is 2.14. The number of hydrogen-bond donors (Lipinski definition) is 1. The molecule has 0 aliphatic rings. The fourth-order valence-electron chi connectivity index (χ4n) is 2.34. The van der Waals surface area contributed by atoms with E-state index in [9.17, 15) is 0 Å². The van der Waals surface area contributed by atoms with E-state index in [2.05, 4.69) is 18.7 Å². The topological polar surface area (TPSA) is 47.7 Å². The van der Waals surface area contributed by atoms with Crippen LogP contribution >= 0.6 is 0 Å². The third-order valence-corrected chi connectivity index (χ3v) is 3.79. The highest BCUT2D eigenvalue weighted by Crippen LogP contribution is 2.22. The van der Waals surface area contributed by atoms with Crippen LogP contribution in [0.1, 0.15) is 40.5 Å². The van der Waals surface area contributed by atoms with E-state index in [0.717, 1.165) is 52.4 Å². The van der Waals surface area contributed by atoms with Gasteiger partial charge in [0.15, 0.2) is 0 Å². The summed E-state index contributed by atoms with van der Waals surface area (Å²) in [6, 6.07) is 0.